The monoisotopic (exact) mass is 382 g/mol. The molecule has 4 rings (SSSR count). The number of cyclic esters (lactones) is 1. The predicted octanol–water partition coefficient (Wildman–Crippen LogP) is 3.05. The third-order valence-corrected chi connectivity index (χ3v) is 5.25. The van der Waals surface area contributed by atoms with Crippen molar-refractivity contribution >= 4 is 12.0 Å². The van der Waals surface area contributed by atoms with Gasteiger partial charge in [0.05, 0.1) is 23.9 Å². The van der Waals surface area contributed by atoms with E-state index in [2.05, 4.69) is 29.3 Å². The van der Waals surface area contributed by atoms with E-state index in [4.69, 9.17) is 9.26 Å². The Balaban J connectivity index is 1.64. The van der Waals surface area contributed by atoms with E-state index in [9.17, 15) is 9.59 Å². The van der Waals surface area contributed by atoms with Gasteiger partial charge in [0.15, 0.2) is 5.82 Å². The lowest BCUT2D eigenvalue weighted by Gasteiger charge is -2.32. The number of urea groups is 1. The van der Waals surface area contributed by atoms with Crippen LogP contribution in [-0.4, -0.2) is 33.6 Å². The van der Waals surface area contributed by atoms with E-state index in [0.717, 1.165) is 18.4 Å². The SMILES string of the molecule is CCC(CC)c1nc(CN2C(=O)N[C@H](c3ccccc3)C3=C2COC3=O)no1. The van der Waals surface area contributed by atoms with Crippen LogP contribution in [0.1, 0.15) is 55.9 Å². The number of hydrogen-bond acceptors (Lipinski definition) is 6. The molecule has 28 heavy (non-hydrogen) atoms. The maximum absolute atomic E-state index is 12.8. The first-order valence-electron chi connectivity index (χ1n) is 9.48. The third kappa shape index (κ3) is 3.15. The molecule has 2 aliphatic heterocycles. The molecular weight excluding hydrogens is 360 g/mol. The molecule has 1 aromatic heterocycles. The number of rotatable bonds is 6. The largest absolute Gasteiger partial charge is 0.456 e. The lowest BCUT2D eigenvalue weighted by atomic mass is 9.96. The average Bonchev–Trinajstić information content (AvgIpc) is 3.33. The highest BCUT2D eigenvalue weighted by Gasteiger charge is 2.42. The summed E-state index contributed by atoms with van der Waals surface area (Å²) in [6.07, 6.45) is 1.80. The zero-order valence-corrected chi connectivity index (χ0v) is 15.8. The summed E-state index contributed by atoms with van der Waals surface area (Å²) in [5.74, 6) is 0.763. The number of carbonyl (C=O) groups excluding carboxylic acids is 2. The van der Waals surface area contributed by atoms with E-state index < -0.39 is 12.0 Å². The van der Waals surface area contributed by atoms with Gasteiger partial charge >= 0.3 is 12.0 Å². The lowest BCUT2D eigenvalue weighted by molar-refractivity contribution is -0.136. The van der Waals surface area contributed by atoms with Gasteiger partial charge in [0, 0.05) is 5.92 Å². The molecule has 1 aromatic carbocycles. The van der Waals surface area contributed by atoms with Crippen LogP contribution in [0.2, 0.25) is 0 Å². The second kappa shape index (κ2) is 7.46. The van der Waals surface area contributed by atoms with Crippen LogP contribution in [0.25, 0.3) is 0 Å². The van der Waals surface area contributed by atoms with E-state index in [1.165, 1.54) is 4.90 Å². The summed E-state index contributed by atoms with van der Waals surface area (Å²) in [7, 11) is 0. The number of nitrogens with one attached hydrogen (secondary N) is 1. The van der Waals surface area contributed by atoms with E-state index in [1.54, 1.807) is 0 Å². The first-order valence-corrected chi connectivity index (χ1v) is 9.48. The first kappa shape index (κ1) is 18.2. The highest BCUT2D eigenvalue weighted by atomic mass is 16.5. The smallest absolute Gasteiger partial charge is 0.338 e. The number of ether oxygens (including phenoxy) is 1. The minimum atomic E-state index is -0.527. The molecule has 0 saturated carbocycles. The van der Waals surface area contributed by atoms with Gasteiger partial charge in [0.2, 0.25) is 5.89 Å². The number of esters is 1. The molecule has 8 nitrogen and oxygen atoms in total. The molecule has 8 heteroatoms. The average molecular weight is 382 g/mol. The van der Waals surface area contributed by atoms with Crippen LogP contribution in [0, 0.1) is 0 Å². The van der Waals surface area contributed by atoms with Gasteiger partial charge in [-0.2, -0.15) is 4.98 Å². The first-order chi connectivity index (χ1) is 13.6. The normalized spacial score (nSPS) is 19.1. The van der Waals surface area contributed by atoms with Crippen LogP contribution in [0.3, 0.4) is 0 Å². The van der Waals surface area contributed by atoms with Crippen LogP contribution in [-0.2, 0) is 16.1 Å². The molecule has 1 N–H and O–H groups in total. The molecular formula is C20H22N4O4. The summed E-state index contributed by atoms with van der Waals surface area (Å²) in [6, 6.07) is 8.52. The molecule has 0 spiro atoms. The van der Waals surface area contributed by atoms with Crippen LogP contribution < -0.4 is 5.32 Å². The Labute approximate surface area is 162 Å². The standard InChI is InChI=1S/C20H22N4O4/c1-3-12(4-2)18-21-15(23-28-18)10-24-14-11-27-19(25)16(14)17(22-20(24)26)13-8-6-5-7-9-13/h5-9,12,17H,3-4,10-11H2,1-2H3,(H,22,26)/t17-/m1/s1. The van der Waals surface area contributed by atoms with E-state index >= 15 is 0 Å². The molecule has 0 fully saturated rings. The Kier molecular flexibility index (Phi) is 4.85. The molecule has 2 aromatic rings. The molecule has 0 saturated heterocycles. The molecule has 3 heterocycles. The highest BCUT2D eigenvalue weighted by Crippen LogP contribution is 2.35. The Hall–Kier alpha value is -3.16. The van der Waals surface area contributed by atoms with E-state index in [1.807, 2.05) is 30.3 Å². The Morgan fingerprint density at radius 3 is 2.68 bits per heavy atom. The zero-order valence-electron chi connectivity index (χ0n) is 15.8. The number of benzene rings is 1. The van der Waals surface area contributed by atoms with Crippen molar-refractivity contribution in [2.75, 3.05) is 6.61 Å². The second-order valence-electron chi connectivity index (χ2n) is 6.88. The van der Waals surface area contributed by atoms with Crippen molar-refractivity contribution in [1.82, 2.24) is 20.4 Å². The zero-order chi connectivity index (χ0) is 19.7. The number of nitrogens with zero attached hydrogens (tertiary/aromatic N) is 3. The molecule has 0 radical (unpaired) electrons. The Morgan fingerprint density at radius 1 is 1.21 bits per heavy atom. The number of aromatic nitrogens is 2. The van der Waals surface area contributed by atoms with Crippen LogP contribution >= 0.6 is 0 Å². The van der Waals surface area contributed by atoms with E-state index in [-0.39, 0.29) is 25.1 Å². The number of carbonyl (C=O) groups is 2. The predicted molar refractivity (Wildman–Crippen MR) is 98.9 cm³/mol. The van der Waals surface area contributed by atoms with Crippen LogP contribution in [0.5, 0.6) is 0 Å². The molecule has 0 unspecified atom stereocenters. The molecule has 146 valence electrons. The molecule has 2 amide bonds. The van der Waals surface area contributed by atoms with Gasteiger partial charge in [0.25, 0.3) is 0 Å². The van der Waals surface area contributed by atoms with Crippen LogP contribution in [0.4, 0.5) is 4.79 Å². The molecule has 0 bridgehead atoms. The van der Waals surface area contributed by atoms with Gasteiger partial charge in [0.1, 0.15) is 6.61 Å². The van der Waals surface area contributed by atoms with Crippen molar-refractivity contribution < 1.29 is 18.8 Å². The van der Waals surface area contributed by atoms with Crippen molar-refractivity contribution in [3.63, 3.8) is 0 Å². The maximum Gasteiger partial charge on any atom is 0.338 e. The molecule has 1 atom stereocenters. The fourth-order valence-corrected chi connectivity index (χ4v) is 3.65. The number of amides is 2. The van der Waals surface area contributed by atoms with Gasteiger partial charge in [-0.3, -0.25) is 4.90 Å². The Bertz CT molecular complexity index is 917. The fraction of sp³-hybridized carbons (Fsp3) is 0.400. The van der Waals surface area contributed by atoms with Crippen molar-refractivity contribution in [2.24, 2.45) is 0 Å². The van der Waals surface area contributed by atoms with Gasteiger partial charge in [-0.15, -0.1) is 0 Å². The van der Waals surface area contributed by atoms with Crippen molar-refractivity contribution in [1.29, 1.82) is 0 Å². The molecule has 2 aliphatic rings. The lowest BCUT2D eigenvalue weighted by Crippen LogP contribution is -2.47. The third-order valence-electron chi connectivity index (χ3n) is 5.25. The summed E-state index contributed by atoms with van der Waals surface area (Å²) in [5.41, 5.74) is 1.84. The quantitative estimate of drug-likeness (QED) is 0.771. The summed E-state index contributed by atoms with van der Waals surface area (Å²) in [6.45, 7) is 4.31. The second-order valence-corrected chi connectivity index (χ2v) is 6.88. The summed E-state index contributed by atoms with van der Waals surface area (Å²) >= 11 is 0. The molecule has 0 aliphatic carbocycles. The summed E-state index contributed by atoms with van der Waals surface area (Å²) in [4.78, 5) is 31.1. The van der Waals surface area contributed by atoms with Gasteiger partial charge < -0.3 is 14.6 Å². The van der Waals surface area contributed by atoms with Gasteiger partial charge in [-0.1, -0.05) is 49.3 Å². The van der Waals surface area contributed by atoms with E-state index in [0.29, 0.717) is 23.0 Å². The van der Waals surface area contributed by atoms with Crippen molar-refractivity contribution in [3.8, 4) is 0 Å². The highest BCUT2D eigenvalue weighted by molar-refractivity contribution is 5.97. The van der Waals surface area contributed by atoms with Gasteiger partial charge in [-0.25, -0.2) is 9.59 Å². The topological polar surface area (TPSA) is 97.6 Å². The minimum Gasteiger partial charge on any atom is -0.456 e. The number of hydrogen-bond donors (Lipinski definition) is 1. The van der Waals surface area contributed by atoms with Crippen LogP contribution in [0.15, 0.2) is 46.1 Å². The summed E-state index contributed by atoms with van der Waals surface area (Å²) in [5, 5.41) is 6.91. The summed E-state index contributed by atoms with van der Waals surface area (Å²) < 4.78 is 10.6. The Morgan fingerprint density at radius 2 is 1.96 bits per heavy atom. The van der Waals surface area contributed by atoms with Gasteiger partial charge in [-0.05, 0) is 18.4 Å². The van der Waals surface area contributed by atoms with Crippen molar-refractivity contribution in [2.45, 2.75) is 45.2 Å². The maximum atomic E-state index is 12.8. The van der Waals surface area contributed by atoms with Crippen molar-refractivity contribution in [3.05, 3.63) is 58.9 Å². The minimum absolute atomic E-state index is 0.0577. The fourth-order valence-electron chi connectivity index (χ4n) is 3.65.